The lowest BCUT2D eigenvalue weighted by Gasteiger charge is -2.12. The average Bonchev–Trinajstić information content (AvgIpc) is 2.45. The van der Waals surface area contributed by atoms with E-state index in [2.05, 4.69) is 10.1 Å². The van der Waals surface area contributed by atoms with Crippen LogP contribution in [0.4, 0.5) is 13.2 Å². The summed E-state index contributed by atoms with van der Waals surface area (Å²) in [5, 5.41) is 2.48. The van der Waals surface area contributed by atoms with E-state index >= 15 is 0 Å². The second-order valence-electron chi connectivity index (χ2n) is 4.11. The number of hydrogen-bond acceptors (Lipinski definition) is 4. The van der Waals surface area contributed by atoms with Crippen molar-refractivity contribution in [2.45, 2.75) is 6.18 Å². The molecule has 0 fully saturated rings. The number of rotatable bonds is 7. The Hall–Kier alpha value is -1.23. The van der Waals surface area contributed by atoms with Crippen molar-refractivity contribution < 1.29 is 32.2 Å². The summed E-state index contributed by atoms with van der Waals surface area (Å²) in [4.78, 5) is 12.0. The molecule has 22 heavy (non-hydrogen) atoms. The molecule has 0 radical (unpaired) electrons. The molecule has 0 bridgehead atoms. The van der Waals surface area contributed by atoms with E-state index in [-0.39, 0.29) is 13.2 Å². The van der Waals surface area contributed by atoms with Crippen molar-refractivity contribution >= 4 is 28.5 Å². The minimum absolute atomic E-state index is 0.0284. The number of nitrogens with one attached hydrogen (secondary N) is 1. The Balaban J connectivity index is 2.59. The number of amides is 1. The predicted octanol–water partition coefficient (Wildman–Crippen LogP) is 2.62. The van der Waals surface area contributed by atoms with Crippen molar-refractivity contribution in [2.24, 2.45) is 0 Å². The fraction of sp³-hybridized carbons (Fsp3) is 0.462. The van der Waals surface area contributed by atoms with E-state index in [1.807, 2.05) is 22.6 Å². The van der Waals surface area contributed by atoms with Crippen LogP contribution in [0.3, 0.4) is 0 Å². The third-order valence-corrected chi connectivity index (χ3v) is 3.41. The number of benzene rings is 1. The number of halogens is 4. The Labute approximate surface area is 139 Å². The number of carbonyl (C=O) groups is 1. The van der Waals surface area contributed by atoms with Crippen LogP contribution >= 0.6 is 22.6 Å². The Morgan fingerprint density at radius 2 is 1.82 bits per heavy atom. The molecule has 124 valence electrons. The van der Waals surface area contributed by atoms with Gasteiger partial charge in [-0.3, -0.25) is 4.79 Å². The van der Waals surface area contributed by atoms with Gasteiger partial charge in [0.05, 0.1) is 26.4 Å². The van der Waals surface area contributed by atoms with Crippen LogP contribution < -0.4 is 14.8 Å². The highest BCUT2D eigenvalue weighted by Gasteiger charge is 2.27. The van der Waals surface area contributed by atoms with Gasteiger partial charge in [0.2, 0.25) is 0 Å². The molecular weight excluding hydrogens is 418 g/mol. The summed E-state index contributed by atoms with van der Waals surface area (Å²) < 4.78 is 50.9. The van der Waals surface area contributed by atoms with Crippen molar-refractivity contribution in [1.29, 1.82) is 0 Å². The average molecular weight is 433 g/mol. The van der Waals surface area contributed by atoms with Crippen molar-refractivity contribution in [3.05, 3.63) is 21.3 Å². The second-order valence-corrected chi connectivity index (χ2v) is 5.27. The van der Waals surface area contributed by atoms with E-state index in [1.54, 1.807) is 6.07 Å². The van der Waals surface area contributed by atoms with Crippen molar-refractivity contribution in [1.82, 2.24) is 5.32 Å². The lowest BCUT2D eigenvalue weighted by Crippen LogP contribution is -2.29. The summed E-state index contributed by atoms with van der Waals surface area (Å²) >= 11 is 1.96. The van der Waals surface area contributed by atoms with Gasteiger partial charge in [0, 0.05) is 10.1 Å². The summed E-state index contributed by atoms with van der Waals surface area (Å²) in [5.41, 5.74) is 0.342. The van der Waals surface area contributed by atoms with Crippen molar-refractivity contribution in [3.63, 3.8) is 0 Å². The zero-order chi connectivity index (χ0) is 16.8. The minimum atomic E-state index is -4.37. The van der Waals surface area contributed by atoms with Gasteiger partial charge in [-0.2, -0.15) is 13.2 Å². The third-order valence-electron chi connectivity index (χ3n) is 2.52. The largest absolute Gasteiger partial charge is 0.493 e. The molecule has 1 N–H and O–H groups in total. The first-order valence-corrected chi connectivity index (χ1v) is 7.20. The first-order chi connectivity index (χ1) is 10.3. The van der Waals surface area contributed by atoms with E-state index < -0.39 is 18.7 Å². The molecule has 1 aromatic rings. The van der Waals surface area contributed by atoms with Crippen LogP contribution in [0.25, 0.3) is 0 Å². The van der Waals surface area contributed by atoms with Crippen LogP contribution in [0.1, 0.15) is 10.4 Å². The molecule has 0 saturated carbocycles. The Kier molecular flexibility index (Phi) is 7.20. The van der Waals surface area contributed by atoms with Gasteiger partial charge >= 0.3 is 6.18 Å². The molecule has 0 heterocycles. The van der Waals surface area contributed by atoms with Gasteiger partial charge in [0.25, 0.3) is 5.91 Å². The fourth-order valence-corrected chi connectivity index (χ4v) is 2.23. The smallest absolute Gasteiger partial charge is 0.411 e. The van der Waals surface area contributed by atoms with Gasteiger partial charge in [-0.1, -0.05) is 0 Å². The summed E-state index contributed by atoms with van der Waals surface area (Å²) in [6.45, 7) is -1.59. The molecular formula is C13H15F3INO4. The molecule has 0 spiro atoms. The van der Waals surface area contributed by atoms with E-state index in [0.717, 1.165) is 0 Å². The molecule has 0 aliphatic rings. The first-order valence-electron chi connectivity index (χ1n) is 6.12. The van der Waals surface area contributed by atoms with Crippen LogP contribution in [0.2, 0.25) is 0 Å². The molecule has 1 aromatic carbocycles. The lowest BCUT2D eigenvalue weighted by atomic mass is 10.2. The highest BCUT2D eigenvalue weighted by Crippen LogP contribution is 2.31. The van der Waals surface area contributed by atoms with Crippen LogP contribution in [0, 0.1) is 3.57 Å². The van der Waals surface area contributed by atoms with Crippen molar-refractivity contribution in [2.75, 3.05) is 34.0 Å². The van der Waals surface area contributed by atoms with Gasteiger partial charge in [0.15, 0.2) is 11.5 Å². The number of carbonyl (C=O) groups excluding carboxylic acids is 1. The number of hydrogen-bond donors (Lipinski definition) is 1. The summed E-state index contributed by atoms with van der Waals surface area (Å²) in [6, 6.07) is 3.14. The number of alkyl halides is 3. The van der Waals surface area contributed by atoms with Crippen LogP contribution in [0.15, 0.2) is 12.1 Å². The Bertz CT molecular complexity index is 523. The molecule has 0 atom stereocenters. The highest BCUT2D eigenvalue weighted by atomic mass is 127. The normalized spacial score (nSPS) is 11.2. The molecule has 0 aromatic heterocycles. The molecule has 1 amide bonds. The monoisotopic (exact) mass is 433 g/mol. The maximum absolute atomic E-state index is 12.0. The van der Waals surface area contributed by atoms with E-state index in [4.69, 9.17) is 9.47 Å². The predicted molar refractivity (Wildman–Crippen MR) is 81.5 cm³/mol. The topological polar surface area (TPSA) is 56.8 Å². The van der Waals surface area contributed by atoms with Gasteiger partial charge in [-0.25, -0.2) is 0 Å². The van der Waals surface area contributed by atoms with E-state index in [9.17, 15) is 18.0 Å². The fourth-order valence-electron chi connectivity index (χ4n) is 1.55. The van der Waals surface area contributed by atoms with Crippen LogP contribution in [-0.4, -0.2) is 46.1 Å². The molecule has 0 aliphatic heterocycles. The van der Waals surface area contributed by atoms with Gasteiger partial charge in [0.1, 0.15) is 6.61 Å². The molecule has 0 aliphatic carbocycles. The standard InChI is InChI=1S/C13H15F3INO4/c1-20-10-5-8(9(17)6-11(10)21-2)12(19)18-3-4-22-7-13(14,15)16/h5-6H,3-4,7H2,1-2H3,(H,18,19). The second kappa shape index (κ2) is 8.42. The van der Waals surface area contributed by atoms with Gasteiger partial charge in [-0.05, 0) is 34.7 Å². The number of methoxy groups -OCH3 is 2. The quantitative estimate of drug-likeness (QED) is 0.531. The molecule has 0 unspecified atom stereocenters. The zero-order valence-electron chi connectivity index (χ0n) is 11.9. The minimum Gasteiger partial charge on any atom is -0.493 e. The first kappa shape index (κ1) is 18.8. The Morgan fingerprint density at radius 1 is 1.23 bits per heavy atom. The number of ether oxygens (including phenoxy) is 3. The Morgan fingerprint density at radius 3 is 2.36 bits per heavy atom. The van der Waals surface area contributed by atoms with Crippen LogP contribution in [0.5, 0.6) is 11.5 Å². The molecule has 0 saturated heterocycles. The van der Waals surface area contributed by atoms with E-state index in [1.165, 1.54) is 20.3 Å². The van der Waals surface area contributed by atoms with Gasteiger partial charge in [-0.15, -0.1) is 0 Å². The summed E-state index contributed by atoms with van der Waals surface area (Å²) in [7, 11) is 2.92. The maximum Gasteiger partial charge on any atom is 0.411 e. The highest BCUT2D eigenvalue weighted by molar-refractivity contribution is 14.1. The maximum atomic E-state index is 12.0. The van der Waals surface area contributed by atoms with Crippen LogP contribution in [-0.2, 0) is 4.74 Å². The molecule has 9 heteroatoms. The summed E-state index contributed by atoms with van der Waals surface area (Å²) in [6.07, 6.45) is -4.37. The summed E-state index contributed by atoms with van der Waals surface area (Å²) in [5.74, 6) is 0.444. The molecule has 1 rings (SSSR count). The van der Waals surface area contributed by atoms with E-state index in [0.29, 0.717) is 20.6 Å². The zero-order valence-corrected chi connectivity index (χ0v) is 14.1. The van der Waals surface area contributed by atoms with Crippen molar-refractivity contribution in [3.8, 4) is 11.5 Å². The van der Waals surface area contributed by atoms with Gasteiger partial charge < -0.3 is 19.5 Å². The lowest BCUT2D eigenvalue weighted by molar-refractivity contribution is -0.173. The third kappa shape index (κ3) is 5.87. The molecule has 5 nitrogen and oxygen atoms in total. The SMILES string of the molecule is COc1cc(I)c(C(=O)NCCOCC(F)(F)F)cc1OC.